The van der Waals surface area contributed by atoms with E-state index in [9.17, 15) is 9.59 Å². The van der Waals surface area contributed by atoms with E-state index in [0.717, 1.165) is 36.5 Å². The van der Waals surface area contributed by atoms with Crippen molar-refractivity contribution in [1.82, 2.24) is 20.1 Å². The zero-order chi connectivity index (χ0) is 23.0. The van der Waals surface area contributed by atoms with Crippen molar-refractivity contribution in [3.8, 4) is 17.1 Å². The van der Waals surface area contributed by atoms with Crippen molar-refractivity contribution in [2.24, 2.45) is 5.92 Å². The number of pyridine rings is 1. The highest BCUT2D eigenvalue weighted by atomic mass is 16.6. The SMILES string of the molecule is CC(C)(C)OC(=O)CCCCC(=O)N1CCC[C@@H](COc2ccc(-c3ccn[nH]3)nc2)C1. The number of rotatable bonds is 9. The average Bonchev–Trinajstić information content (AvgIpc) is 3.29. The van der Waals surface area contributed by atoms with Crippen LogP contribution in [0.1, 0.15) is 59.3 Å². The number of aromatic amines is 1. The van der Waals surface area contributed by atoms with Gasteiger partial charge in [0.05, 0.1) is 24.2 Å². The lowest BCUT2D eigenvalue weighted by Crippen LogP contribution is -2.41. The van der Waals surface area contributed by atoms with E-state index in [0.29, 0.717) is 44.8 Å². The highest BCUT2D eigenvalue weighted by molar-refractivity contribution is 5.76. The normalized spacial score (nSPS) is 16.6. The molecule has 0 saturated carbocycles. The summed E-state index contributed by atoms with van der Waals surface area (Å²) in [5, 5.41) is 6.83. The number of carbonyl (C=O) groups excluding carboxylic acids is 2. The topological polar surface area (TPSA) is 97.4 Å². The van der Waals surface area contributed by atoms with Crippen LogP contribution in [0.2, 0.25) is 0 Å². The van der Waals surface area contributed by atoms with Gasteiger partial charge in [-0.05, 0) is 64.7 Å². The van der Waals surface area contributed by atoms with Gasteiger partial charge in [0.25, 0.3) is 0 Å². The predicted octanol–water partition coefficient (Wildman–Crippen LogP) is 3.99. The molecule has 0 aromatic carbocycles. The molecule has 1 N–H and O–H groups in total. The average molecular weight is 443 g/mol. The number of hydrogen-bond acceptors (Lipinski definition) is 6. The van der Waals surface area contributed by atoms with Gasteiger partial charge in [-0.15, -0.1) is 0 Å². The molecule has 32 heavy (non-hydrogen) atoms. The van der Waals surface area contributed by atoms with Crippen LogP contribution in [0.3, 0.4) is 0 Å². The first-order chi connectivity index (χ1) is 15.3. The molecule has 0 spiro atoms. The Balaban J connectivity index is 1.36. The number of likely N-dealkylation sites (tertiary alicyclic amines) is 1. The number of esters is 1. The number of ether oxygens (including phenoxy) is 2. The largest absolute Gasteiger partial charge is 0.492 e. The molecule has 174 valence electrons. The number of H-pyrrole nitrogens is 1. The summed E-state index contributed by atoms with van der Waals surface area (Å²) in [5.41, 5.74) is 1.22. The molecule has 1 atom stereocenters. The number of hydrogen-bond donors (Lipinski definition) is 1. The second-order valence-electron chi connectivity index (χ2n) is 9.30. The standard InChI is InChI=1S/C24H34N4O4/c1-24(2,3)32-23(30)9-5-4-8-22(29)28-14-6-7-18(16-28)17-31-19-10-11-20(25-15-19)21-12-13-26-27-21/h10-13,15,18H,4-9,14,16-17H2,1-3H3,(H,26,27)/t18-/m1/s1. The summed E-state index contributed by atoms with van der Waals surface area (Å²) in [4.78, 5) is 30.7. The fourth-order valence-corrected chi connectivity index (χ4v) is 3.76. The molecule has 1 amide bonds. The van der Waals surface area contributed by atoms with E-state index in [1.165, 1.54) is 0 Å². The summed E-state index contributed by atoms with van der Waals surface area (Å²) >= 11 is 0. The van der Waals surface area contributed by atoms with Crippen molar-refractivity contribution in [3.63, 3.8) is 0 Å². The summed E-state index contributed by atoms with van der Waals surface area (Å²) in [5.74, 6) is 0.984. The Kier molecular flexibility index (Phi) is 8.25. The van der Waals surface area contributed by atoms with Crippen LogP contribution >= 0.6 is 0 Å². The number of nitrogens with one attached hydrogen (secondary N) is 1. The lowest BCUT2D eigenvalue weighted by atomic mass is 9.98. The molecule has 1 aliphatic heterocycles. The summed E-state index contributed by atoms with van der Waals surface area (Å²) in [6.45, 7) is 7.65. The Morgan fingerprint density at radius 1 is 1.19 bits per heavy atom. The van der Waals surface area contributed by atoms with Crippen LogP contribution in [0.5, 0.6) is 5.75 Å². The van der Waals surface area contributed by atoms with Gasteiger partial charge in [-0.2, -0.15) is 5.10 Å². The Hall–Kier alpha value is -2.90. The van der Waals surface area contributed by atoms with Crippen LogP contribution in [0, 0.1) is 5.92 Å². The Labute approximate surface area is 189 Å². The molecule has 1 saturated heterocycles. The van der Waals surface area contributed by atoms with Gasteiger partial charge in [0, 0.05) is 38.0 Å². The molecule has 3 heterocycles. The number of carbonyl (C=O) groups is 2. The number of unbranched alkanes of at least 4 members (excludes halogenated alkanes) is 1. The van der Waals surface area contributed by atoms with Crippen molar-refractivity contribution >= 4 is 11.9 Å². The molecule has 0 unspecified atom stereocenters. The number of amides is 1. The monoisotopic (exact) mass is 442 g/mol. The zero-order valence-corrected chi connectivity index (χ0v) is 19.3. The van der Waals surface area contributed by atoms with Gasteiger partial charge in [-0.25, -0.2) is 0 Å². The molecular weight excluding hydrogens is 408 g/mol. The van der Waals surface area contributed by atoms with E-state index < -0.39 is 5.60 Å². The maximum atomic E-state index is 12.6. The maximum Gasteiger partial charge on any atom is 0.306 e. The Morgan fingerprint density at radius 3 is 2.69 bits per heavy atom. The predicted molar refractivity (Wildman–Crippen MR) is 121 cm³/mol. The molecular formula is C24H34N4O4. The van der Waals surface area contributed by atoms with Gasteiger partial charge in [-0.1, -0.05) is 0 Å². The van der Waals surface area contributed by atoms with Crippen LogP contribution in [0.15, 0.2) is 30.6 Å². The lowest BCUT2D eigenvalue weighted by molar-refractivity contribution is -0.155. The van der Waals surface area contributed by atoms with Gasteiger partial charge in [0.2, 0.25) is 5.91 Å². The smallest absolute Gasteiger partial charge is 0.306 e. The first-order valence-corrected chi connectivity index (χ1v) is 11.4. The van der Waals surface area contributed by atoms with Crippen LogP contribution in [-0.4, -0.2) is 57.3 Å². The van der Waals surface area contributed by atoms with E-state index in [1.807, 2.05) is 43.9 Å². The third kappa shape index (κ3) is 7.66. The summed E-state index contributed by atoms with van der Waals surface area (Å²) in [6, 6.07) is 5.67. The van der Waals surface area contributed by atoms with E-state index >= 15 is 0 Å². The van der Waals surface area contributed by atoms with Gasteiger partial charge in [-0.3, -0.25) is 19.7 Å². The quantitative estimate of drug-likeness (QED) is 0.466. The fraction of sp³-hybridized carbons (Fsp3) is 0.583. The van der Waals surface area contributed by atoms with Gasteiger partial charge in [0.15, 0.2) is 0 Å². The molecule has 2 aromatic rings. The number of piperidine rings is 1. The summed E-state index contributed by atoms with van der Waals surface area (Å²) in [7, 11) is 0. The highest BCUT2D eigenvalue weighted by Crippen LogP contribution is 2.21. The van der Waals surface area contributed by atoms with Gasteiger partial charge >= 0.3 is 5.97 Å². The van der Waals surface area contributed by atoms with Gasteiger partial charge < -0.3 is 14.4 Å². The second kappa shape index (κ2) is 11.1. The van der Waals surface area contributed by atoms with Crippen LogP contribution in [0.4, 0.5) is 0 Å². The van der Waals surface area contributed by atoms with Crippen molar-refractivity contribution < 1.29 is 19.1 Å². The lowest BCUT2D eigenvalue weighted by Gasteiger charge is -2.32. The van der Waals surface area contributed by atoms with Crippen molar-refractivity contribution in [3.05, 3.63) is 30.6 Å². The zero-order valence-electron chi connectivity index (χ0n) is 19.3. The van der Waals surface area contributed by atoms with Crippen molar-refractivity contribution in [1.29, 1.82) is 0 Å². The van der Waals surface area contributed by atoms with E-state index in [1.54, 1.807) is 12.4 Å². The maximum absolute atomic E-state index is 12.6. The summed E-state index contributed by atoms with van der Waals surface area (Å²) in [6.07, 6.45) is 7.62. The molecule has 0 radical (unpaired) electrons. The molecule has 8 nitrogen and oxygen atoms in total. The number of aromatic nitrogens is 3. The summed E-state index contributed by atoms with van der Waals surface area (Å²) < 4.78 is 11.2. The van der Waals surface area contributed by atoms with Gasteiger partial charge in [0.1, 0.15) is 11.4 Å². The Bertz CT molecular complexity index is 859. The van der Waals surface area contributed by atoms with E-state index in [-0.39, 0.29) is 11.9 Å². The van der Waals surface area contributed by atoms with E-state index in [2.05, 4.69) is 15.2 Å². The molecule has 1 aliphatic rings. The molecule has 8 heteroatoms. The van der Waals surface area contributed by atoms with Crippen LogP contribution in [-0.2, 0) is 14.3 Å². The first kappa shape index (κ1) is 23.8. The number of nitrogens with zero attached hydrogens (tertiary/aromatic N) is 3. The minimum absolute atomic E-state index is 0.157. The highest BCUT2D eigenvalue weighted by Gasteiger charge is 2.24. The third-order valence-electron chi connectivity index (χ3n) is 5.31. The minimum Gasteiger partial charge on any atom is -0.492 e. The third-order valence-corrected chi connectivity index (χ3v) is 5.31. The molecule has 1 fully saturated rings. The second-order valence-corrected chi connectivity index (χ2v) is 9.30. The van der Waals surface area contributed by atoms with Crippen LogP contribution < -0.4 is 4.74 Å². The molecule has 0 aliphatic carbocycles. The Morgan fingerprint density at radius 2 is 2.00 bits per heavy atom. The van der Waals surface area contributed by atoms with Crippen LogP contribution in [0.25, 0.3) is 11.4 Å². The first-order valence-electron chi connectivity index (χ1n) is 11.4. The molecule has 2 aromatic heterocycles. The van der Waals surface area contributed by atoms with E-state index in [4.69, 9.17) is 9.47 Å². The molecule has 3 rings (SSSR count). The fourth-order valence-electron chi connectivity index (χ4n) is 3.76. The van der Waals surface area contributed by atoms with Crippen molar-refractivity contribution in [2.75, 3.05) is 19.7 Å². The molecule has 0 bridgehead atoms. The minimum atomic E-state index is -0.463. The van der Waals surface area contributed by atoms with Crippen molar-refractivity contribution in [2.45, 2.75) is 64.9 Å².